The summed E-state index contributed by atoms with van der Waals surface area (Å²) in [6.45, 7) is 2.55. The second-order valence-electron chi connectivity index (χ2n) is 8.57. The second-order valence-corrected chi connectivity index (χ2v) is 8.57. The van der Waals surface area contributed by atoms with E-state index in [0.717, 1.165) is 29.4 Å². The predicted octanol–water partition coefficient (Wildman–Crippen LogP) is 5.78. The first-order valence-corrected chi connectivity index (χ1v) is 12.6. The van der Waals surface area contributed by atoms with Gasteiger partial charge in [0.15, 0.2) is 6.61 Å². The fourth-order valence-electron chi connectivity index (χ4n) is 3.70. The Bertz CT molecular complexity index is 1430. The van der Waals surface area contributed by atoms with Gasteiger partial charge in [-0.1, -0.05) is 43.7 Å². The van der Waals surface area contributed by atoms with E-state index in [1.165, 1.54) is 6.21 Å². The Morgan fingerprint density at radius 3 is 2.26 bits per heavy atom. The smallest absolute Gasteiger partial charge is 0.343 e. The third-order valence-corrected chi connectivity index (χ3v) is 5.80. The number of carbonyl (C=O) groups is 2. The number of ether oxygens (including phenoxy) is 4. The summed E-state index contributed by atoms with van der Waals surface area (Å²) in [4.78, 5) is 25.1. The largest absolute Gasteiger partial charge is 0.497 e. The van der Waals surface area contributed by atoms with Crippen molar-refractivity contribution >= 4 is 28.9 Å². The van der Waals surface area contributed by atoms with Crippen LogP contribution in [0, 0.1) is 0 Å². The van der Waals surface area contributed by atoms with Crippen LogP contribution in [0.15, 0.2) is 90.0 Å². The Hall–Kier alpha value is -4.85. The highest BCUT2D eigenvalue weighted by molar-refractivity contribution is 6.04. The van der Waals surface area contributed by atoms with Gasteiger partial charge < -0.3 is 18.9 Å². The summed E-state index contributed by atoms with van der Waals surface area (Å²) in [5.74, 6) is 1.28. The summed E-state index contributed by atoms with van der Waals surface area (Å²) in [6.07, 6.45) is 3.51. The molecule has 8 heteroatoms. The van der Waals surface area contributed by atoms with Crippen molar-refractivity contribution in [1.82, 2.24) is 5.43 Å². The van der Waals surface area contributed by atoms with Crippen molar-refractivity contribution in [2.45, 2.75) is 19.8 Å². The highest BCUT2D eigenvalue weighted by Crippen LogP contribution is 2.27. The van der Waals surface area contributed by atoms with Crippen molar-refractivity contribution < 1.29 is 28.5 Å². The summed E-state index contributed by atoms with van der Waals surface area (Å²) in [5, 5.41) is 5.83. The van der Waals surface area contributed by atoms with E-state index in [1.807, 2.05) is 30.3 Å². The van der Waals surface area contributed by atoms with E-state index in [2.05, 4.69) is 17.5 Å². The Kier molecular flexibility index (Phi) is 9.50. The van der Waals surface area contributed by atoms with Gasteiger partial charge in [0.1, 0.15) is 23.0 Å². The van der Waals surface area contributed by atoms with Gasteiger partial charge in [-0.3, -0.25) is 4.79 Å². The van der Waals surface area contributed by atoms with Crippen molar-refractivity contribution in [2.75, 3.05) is 20.3 Å². The number of carbonyl (C=O) groups excluding carboxylic acids is 2. The lowest BCUT2D eigenvalue weighted by Gasteiger charge is -2.11. The van der Waals surface area contributed by atoms with Crippen LogP contribution in [0.2, 0.25) is 0 Å². The standard InChI is InChI=1S/C31H30N2O6/c1-3-4-19-37-25-14-16-26(17-15-25)38-21-30(34)33-32-20-28-27-8-6-5-7-22(27)11-18-29(28)39-31(35)23-9-12-24(36-2)13-10-23/h5-18,20H,3-4,19,21H2,1-2H3,(H,33,34)/b32-20+. The monoisotopic (exact) mass is 526 g/mol. The molecule has 0 unspecified atom stereocenters. The van der Waals surface area contributed by atoms with Gasteiger partial charge in [0, 0.05) is 5.56 Å². The Morgan fingerprint density at radius 1 is 0.846 bits per heavy atom. The van der Waals surface area contributed by atoms with E-state index in [-0.39, 0.29) is 6.61 Å². The molecule has 4 rings (SSSR count). The zero-order chi connectivity index (χ0) is 27.5. The third kappa shape index (κ3) is 7.58. The van der Waals surface area contributed by atoms with Crippen LogP contribution in [0.1, 0.15) is 35.7 Å². The van der Waals surface area contributed by atoms with Crippen LogP contribution < -0.4 is 24.4 Å². The molecule has 4 aromatic carbocycles. The van der Waals surface area contributed by atoms with Crippen molar-refractivity contribution in [1.29, 1.82) is 0 Å². The van der Waals surface area contributed by atoms with Gasteiger partial charge in [-0.25, -0.2) is 10.2 Å². The molecule has 0 saturated carbocycles. The van der Waals surface area contributed by atoms with Crippen LogP contribution in [0.25, 0.3) is 10.8 Å². The van der Waals surface area contributed by atoms with Gasteiger partial charge in [-0.2, -0.15) is 5.10 Å². The maximum atomic E-state index is 12.8. The molecule has 0 heterocycles. The quantitative estimate of drug-likeness (QED) is 0.0827. The molecular formula is C31H30N2O6. The number of nitrogens with one attached hydrogen (secondary N) is 1. The molecule has 4 aromatic rings. The number of hydrogen-bond donors (Lipinski definition) is 1. The van der Waals surface area contributed by atoms with E-state index >= 15 is 0 Å². The zero-order valence-corrected chi connectivity index (χ0v) is 21.9. The number of fused-ring (bicyclic) bond motifs is 1. The van der Waals surface area contributed by atoms with E-state index in [4.69, 9.17) is 18.9 Å². The third-order valence-electron chi connectivity index (χ3n) is 5.80. The van der Waals surface area contributed by atoms with Crippen molar-refractivity contribution in [3.63, 3.8) is 0 Å². The molecule has 0 spiro atoms. The summed E-state index contributed by atoms with van der Waals surface area (Å²) < 4.78 is 22.0. The number of unbranched alkanes of at least 4 members (excludes halogenated alkanes) is 1. The highest BCUT2D eigenvalue weighted by atomic mass is 16.5. The average molecular weight is 527 g/mol. The number of rotatable bonds is 12. The van der Waals surface area contributed by atoms with Crippen LogP contribution in [0.4, 0.5) is 0 Å². The lowest BCUT2D eigenvalue weighted by molar-refractivity contribution is -0.123. The molecule has 0 radical (unpaired) electrons. The van der Waals surface area contributed by atoms with Gasteiger partial charge in [0.25, 0.3) is 5.91 Å². The van der Waals surface area contributed by atoms with E-state index in [0.29, 0.717) is 35.0 Å². The van der Waals surface area contributed by atoms with Crippen molar-refractivity contribution in [2.24, 2.45) is 5.10 Å². The normalized spacial score (nSPS) is 10.8. The van der Waals surface area contributed by atoms with Crippen LogP contribution >= 0.6 is 0 Å². The van der Waals surface area contributed by atoms with Crippen LogP contribution in [-0.4, -0.2) is 38.4 Å². The first kappa shape index (κ1) is 27.2. The molecule has 0 atom stereocenters. The van der Waals surface area contributed by atoms with Gasteiger partial charge in [0.2, 0.25) is 0 Å². The van der Waals surface area contributed by atoms with Crippen LogP contribution in [0.3, 0.4) is 0 Å². The Balaban J connectivity index is 1.40. The maximum absolute atomic E-state index is 12.8. The van der Waals surface area contributed by atoms with Gasteiger partial charge in [-0.05, 0) is 71.8 Å². The minimum Gasteiger partial charge on any atom is -0.497 e. The van der Waals surface area contributed by atoms with Crippen LogP contribution in [-0.2, 0) is 4.79 Å². The van der Waals surface area contributed by atoms with E-state index < -0.39 is 11.9 Å². The molecule has 0 aliphatic rings. The number of hydrogen-bond acceptors (Lipinski definition) is 7. The van der Waals surface area contributed by atoms with E-state index in [1.54, 1.807) is 61.7 Å². The first-order chi connectivity index (χ1) is 19.1. The molecule has 0 saturated heterocycles. The van der Waals surface area contributed by atoms with E-state index in [9.17, 15) is 9.59 Å². The fourth-order valence-corrected chi connectivity index (χ4v) is 3.70. The molecule has 0 bridgehead atoms. The number of hydrazone groups is 1. The van der Waals surface area contributed by atoms with Gasteiger partial charge in [0.05, 0.1) is 25.5 Å². The minimum absolute atomic E-state index is 0.220. The SMILES string of the molecule is CCCCOc1ccc(OCC(=O)N/N=C/c2c(OC(=O)c3ccc(OC)cc3)ccc3ccccc23)cc1. The fraction of sp³-hybridized carbons (Fsp3) is 0.194. The molecule has 200 valence electrons. The Morgan fingerprint density at radius 2 is 1.54 bits per heavy atom. The molecule has 0 aliphatic heterocycles. The lowest BCUT2D eigenvalue weighted by Crippen LogP contribution is -2.24. The number of amides is 1. The molecule has 0 aliphatic carbocycles. The summed E-state index contributed by atoms with van der Waals surface area (Å²) in [6, 6.07) is 24.9. The molecule has 1 N–H and O–H groups in total. The van der Waals surface area contributed by atoms with Crippen molar-refractivity contribution in [3.05, 3.63) is 96.1 Å². The summed E-state index contributed by atoms with van der Waals surface area (Å²) in [7, 11) is 1.56. The summed E-state index contributed by atoms with van der Waals surface area (Å²) in [5.41, 5.74) is 3.39. The number of methoxy groups -OCH3 is 1. The molecular weight excluding hydrogens is 496 g/mol. The average Bonchev–Trinajstić information content (AvgIpc) is 2.97. The highest BCUT2D eigenvalue weighted by Gasteiger charge is 2.14. The Labute approximate surface area is 227 Å². The molecule has 0 aromatic heterocycles. The molecule has 0 fully saturated rings. The number of nitrogens with zero attached hydrogens (tertiary/aromatic N) is 1. The predicted molar refractivity (Wildman–Crippen MR) is 150 cm³/mol. The molecule has 1 amide bonds. The topological polar surface area (TPSA) is 95.5 Å². The second kappa shape index (κ2) is 13.6. The van der Waals surface area contributed by atoms with Crippen molar-refractivity contribution in [3.8, 4) is 23.0 Å². The number of esters is 1. The van der Waals surface area contributed by atoms with Crippen LogP contribution in [0.5, 0.6) is 23.0 Å². The van der Waals surface area contributed by atoms with Gasteiger partial charge in [-0.15, -0.1) is 0 Å². The molecule has 8 nitrogen and oxygen atoms in total. The zero-order valence-electron chi connectivity index (χ0n) is 21.9. The number of benzene rings is 4. The maximum Gasteiger partial charge on any atom is 0.343 e. The molecule has 39 heavy (non-hydrogen) atoms. The summed E-state index contributed by atoms with van der Waals surface area (Å²) >= 11 is 0. The van der Waals surface area contributed by atoms with Gasteiger partial charge >= 0.3 is 5.97 Å². The first-order valence-electron chi connectivity index (χ1n) is 12.6. The lowest BCUT2D eigenvalue weighted by atomic mass is 10.0. The minimum atomic E-state index is -0.526.